The molecule has 0 unspecified atom stereocenters. The van der Waals surface area contributed by atoms with Crippen LogP contribution in [0.2, 0.25) is 0 Å². The molecule has 0 bridgehead atoms. The van der Waals surface area contributed by atoms with Crippen LogP contribution in [0.25, 0.3) is 0 Å². The monoisotopic (exact) mass is 386 g/mol. The first-order valence-electron chi connectivity index (χ1n) is 8.17. The van der Waals surface area contributed by atoms with Crippen LogP contribution in [0, 0.1) is 6.92 Å². The number of anilines is 1. The van der Waals surface area contributed by atoms with Crippen LogP contribution in [-0.2, 0) is 12.7 Å². The van der Waals surface area contributed by atoms with Gasteiger partial charge in [0.15, 0.2) is 11.5 Å². The van der Waals surface area contributed by atoms with Gasteiger partial charge in [0, 0.05) is 32.7 Å². The molecule has 0 radical (unpaired) electrons. The van der Waals surface area contributed by atoms with Crippen LogP contribution in [0.3, 0.4) is 0 Å². The van der Waals surface area contributed by atoms with Gasteiger partial charge in [-0.05, 0) is 30.2 Å². The number of fused-ring (bicyclic) bond motifs is 1. The Bertz CT molecular complexity index is 803. The van der Waals surface area contributed by atoms with Crippen LogP contribution in [0.5, 0.6) is 11.5 Å². The molecule has 1 aromatic carbocycles. The van der Waals surface area contributed by atoms with Crippen molar-refractivity contribution in [3.05, 3.63) is 28.3 Å². The maximum atomic E-state index is 12.7. The fourth-order valence-corrected chi connectivity index (χ4v) is 3.82. The van der Waals surface area contributed by atoms with Gasteiger partial charge in [-0.25, -0.2) is 0 Å². The number of rotatable bonds is 3. The average Bonchev–Trinajstić information content (AvgIpc) is 3.24. The van der Waals surface area contributed by atoms with E-state index in [0.29, 0.717) is 29.6 Å². The van der Waals surface area contributed by atoms with Gasteiger partial charge >= 0.3 is 6.18 Å². The summed E-state index contributed by atoms with van der Waals surface area (Å²) in [5.74, 6) is 1.53. The largest absolute Gasteiger partial charge is 0.454 e. The van der Waals surface area contributed by atoms with Crippen molar-refractivity contribution in [2.75, 3.05) is 37.9 Å². The van der Waals surface area contributed by atoms with Crippen LogP contribution in [0.4, 0.5) is 18.3 Å². The molecule has 2 aliphatic heterocycles. The summed E-state index contributed by atoms with van der Waals surface area (Å²) in [5, 5.41) is 6.38. The minimum absolute atomic E-state index is 0.249. The lowest BCUT2D eigenvalue weighted by Crippen LogP contribution is -2.46. The van der Waals surface area contributed by atoms with Crippen molar-refractivity contribution in [3.63, 3.8) is 0 Å². The number of aryl methyl sites for hydroxylation is 1. The molecule has 2 aromatic rings. The standard InChI is InChI=1S/C16H17F3N4O2S/c1-10-6-12-13(25-9-24-12)7-11(10)8-22-2-4-23(5-3-22)15-21-20-14(26-15)16(17,18)19/h6-7H,2-5,8-9H2,1H3. The molecular weight excluding hydrogens is 369 g/mol. The van der Waals surface area contributed by atoms with Gasteiger partial charge in [-0.1, -0.05) is 11.3 Å². The first-order chi connectivity index (χ1) is 12.4. The second-order valence-corrected chi connectivity index (χ2v) is 7.24. The first kappa shape index (κ1) is 17.3. The number of ether oxygens (including phenoxy) is 2. The Hall–Kier alpha value is -2.07. The Labute approximate surface area is 152 Å². The molecule has 2 aliphatic rings. The van der Waals surface area contributed by atoms with E-state index in [9.17, 15) is 13.2 Å². The molecule has 0 atom stereocenters. The Morgan fingerprint density at radius 1 is 1.08 bits per heavy atom. The van der Waals surface area contributed by atoms with Crippen LogP contribution in [0.15, 0.2) is 12.1 Å². The van der Waals surface area contributed by atoms with Gasteiger partial charge in [0.1, 0.15) is 0 Å². The molecule has 1 fully saturated rings. The third-order valence-corrected chi connectivity index (χ3v) is 5.55. The molecule has 0 spiro atoms. The Morgan fingerprint density at radius 2 is 1.77 bits per heavy atom. The van der Waals surface area contributed by atoms with E-state index in [1.165, 1.54) is 0 Å². The highest BCUT2D eigenvalue weighted by molar-refractivity contribution is 7.15. The summed E-state index contributed by atoms with van der Waals surface area (Å²) >= 11 is 0.597. The lowest BCUT2D eigenvalue weighted by molar-refractivity contribution is -0.138. The van der Waals surface area contributed by atoms with Crippen LogP contribution >= 0.6 is 11.3 Å². The molecule has 0 N–H and O–H groups in total. The molecule has 1 aromatic heterocycles. The van der Waals surface area contributed by atoms with Crippen molar-refractivity contribution in [1.29, 1.82) is 0 Å². The average molecular weight is 386 g/mol. The molecule has 0 aliphatic carbocycles. The van der Waals surface area contributed by atoms with Crippen molar-refractivity contribution in [2.24, 2.45) is 0 Å². The number of aromatic nitrogens is 2. The van der Waals surface area contributed by atoms with E-state index in [1.807, 2.05) is 24.0 Å². The second-order valence-electron chi connectivity index (χ2n) is 6.28. The van der Waals surface area contributed by atoms with Gasteiger partial charge in [-0.2, -0.15) is 13.2 Å². The van der Waals surface area contributed by atoms with Gasteiger partial charge < -0.3 is 14.4 Å². The van der Waals surface area contributed by atoms with Crippen molar-refractivity contribution < 1.29 is 22.6 Å². The lowest BCUT2D eigenvalue weighted by atomic mass is 10.1. The first-order valence-corrected chi connectivity index (χ1v) is 8.99. The van der Waals surface area contributed by atoms with Gasteiger partial charge in [0.2, 0.25) is 16.9 Å². The summed E-state index contributed by atoms with van der Waals surface area (Å²) < 4.78 is 48.8. The third kappa shape index (κ3) is 3.43. The van der Waals surface area contributed by atoms with Gasteiger partial charge in [0.25, 0.3) is 0 Å². The molecule has 4 rings (SSSR count). The predicted octanol–water partition coefficient (Wildman–Crippen LogP) is 2.92. The zero-order valence-corrected chi connectivity index (χ0v) is 14.9. The van der Waals surface area contributed by atoms with E-state index >= 15 is 0 Å². The molecular formula is C16H17F3N4O2S. The van der Waals surface area contributed by atoms with Crippen LogP contribution < -0.4 is 14.4 Å². The van der Waals surface area contributed by atoms with Crippen molar-refractivity contribution >= 4 is 16.5 Å². The summed E-state index contributed by atoms with van der Waals surface area (Å²) in [4.78, 5) is 4.13. The highest BCUT2D eigenvalue weighted by Crippen LogP contribution is 2.36. The number of benzene rings is 1. The summed E-state index contributed by atoms with van der Waals surface area (Å²) in [7, 11) is 0. The molecule has 140 valence electrons. The molecule has 6 nitrogen and oxygen atoms in total. The number of halogens is 3. The quantitative estimate of drug-likeness (QED) is 0.809. The minimum atomic E-state index is -4.44. The maximum Gasteiger partial charge on any atom is 0.445 e. The zero-order valence-electron chi connectivity index (χ0n) is 14.0. The van der Waals surface area contributed by atoms with E-state index in [4.69, 9.17) is 9.47 Å². The summed E-state index contributed by atoms with van der Waals surface area (Å²) in [6.07, 6.45) is -4.44. The van der Waals surface area contributed by atoms with Crippen LogP contribution in [0.1, 0.15) is 16.1 Å². The van der Waals surface area contributed by atoms with Gasteiger partial charge in [-0.3, -0.25) is 4.90 Å². The van der Waals surface area contributed by atoms with Crippen molar-refractivity contribution in [3.8, 4) is 11.5 Å². The number of hydrogen-bond donors (Lipinski definition) is 0. The zero-order chi connectivity index (χ0) is 18.3. The van der Waals surface area contributed by atoms with E-state index in [2.05, 4.69) is 15.1 Å². The molecule has 0 saturated carbocycles. The van der Waals surface area contributed by atoms with E-state index in [1.54, 1.807) is 0 Å². The molecule has 10 heteroatoms. The SMILES string of the molecule is Cc1cc2c(cc1CN1CCN(c3nnc(C(F)(F)F)s3)CC1)OCO2. The topological polar surface area (TPSA) is 50.7 Å². The van der Waals surface area contributed by atoms with Gasteiger partial charge in [-0.15, -0.1) is 10.2 Å². The molecule has 3 heterocycles. The minimum Gasteiger partial charge on any atom is -0.454 e. The molecule has 1 saturated heterocycles. The lowest BCUT2D eigenvalue weighted by Gasteiger charge is -2.34. The normalized spacial score (nSPS) is 17.8. The number of hydrogen-bond acceptors (Lipinski definition) is 7. The highest BCUT2D eigenvalue weighted by Gasteiger charge is 2.36. The number of piperazine rings is 1. The number of nitrogens with zero attached hydrogens (tertiary/aromatic N) is 4. The van der Waals surface area contributed by atoms with Crippen molar-refractivity contribution in [2.45, 2.75) is 19.6 Å². The fourth-order valence-electron chi connectivity index (χ4n) is 3.05. The molecule has 0 amide bonds. The van der Waals surface area contributed by atoms with Crippen molar-refractivity contribution in [1.82, 2.24) is 15.1 Å². The Balaban J connectivity index is 1.38. The summed E-state index contributed by atoms with van der Waals surface area (Å²) in [6.45, 7) is 5.78. The van der Waals surface area contributed by atoms with E-state index < -0.39 is 11.2 Å². The fraction of sp³-hybridized carbons (Fsp3) is 0.500. The van der Waals surface area contributed by atoms with E-state index in [0.717, 1.165) is 42.3 Å². The Morgan fingerprint density at radius 3 is 2.42 bits per heavy atom. The van der Waals surface area contributed by atoms with Gasteiger partial charge in [0.05, 0.1) is 0 Å². The summed E-state index contributed by atoms with van der Waals surface area (Å²) in [5.41, 5.74) is 2.30. The van der Waals surface area contributed by atoms with E-state index in [-0.39, 0.29) is 6.79 Å². The summed E-state index contributed by atoms with van der Waals surface area (Å²) in [6, 6.07) is 3.98. The third-order valence-electron chi connectivity index (χ3n) is 4.52. The van der Waals surface area contributed by atoms with Crippen LogP contribution in [-0.4, -0.2) is 48.1 Å². The maximum absolute atomic E-state index is 12.7. The predicted molar refractivity (Wildman–Crippen MR) is 89.7 cm³/mol. The highest BCUT2D eigenvalue weighted by atomic mass is 32.1. The second kappa shape index (κ2) is 6.58. The Kier molecular flexibility index (Phi) is 4.39. The number of alkyl halides is 3. The molecule has 26 heavy (non-hydrogen) atoms. The smallest absolute Gasteiger partial charge is 0.445 e.